The average molecular weight is 166 g/mol. The van der Waals surface area contributed by atoms with Gasteiger partial charge in [-0.25, -0.2) is 0 Å². The summed E-state index contributed by atoms with van der Waals surface area (Å²) in [5.41, 5.74) is 4.00. The van der Waals surface area contributed by atoms with Crippen molar-refractivity contribution in [2.24, 2.45) is 0 Å². The van der Waals surface area contributed by atoms with Crippen molar-refractivity contribution in [3.05, 3.63) is 34.9 Å². The van der Waals surface area contributed by atoms with E-state index in [9.17, 15) is 0 Å². The van der Waals surface area contributed by atoms with Gasteiger partial charge < -0.3 is 0 Å². The van der Waals surface area contributed by atoms with Crippen LogP contribution in [0.25, 0.3) is 0 Å². The largest absolute Gasteiger partial charge is 0.171 e. The third-order valence-corrected chi connectivity index (χ3v) is 2.31. The zero-order valence-electron chi connectivity index (χ0n) is 7.26. The van der Waals surface area contributed by atoms with E-state index in [1.165, 1.54) is 16.7 Å². The van der Waals surface area contributed by atoms with Gasteiger partial charge in [0, 0.05) is 5.25 Å². The number of hydrogen-bond acceptors (Lipinski definition) is 1. The molecule has 0 heterocycles. The summed E-state index contributed by atoms with van der Waals surface area (Å²) >= 11 is 4.37. The van der Waals surface area contributed by atoms with Crippen LogP contribution in [0.1, 0.15) is 28.9 Å². The van der Waals surface area contributed by atoms with E-state index in [1.807, 2.05) is 0 Å². The van der Waals surface area contributed by atoms with E-state index in [2.05, 4.69) is 51.6 Å². The molecule has 1 unspecified atom stereocenters. The van der Waals surface area contributed by atoms with Gasteiger partial charge in [0.1, 0.15) is 0 Å². The smallest absolute Gasteiger partial charge is 0.0238 e. The fraction of sp³-hybridized carbons (Fsp3) is 0.400. The normalized spacial score (nSPS) is 13.1. The summed E-state index contributed by atoms with van der Waals surface area (Å²) in [6.07, 6.45) is 0. The van der Waals surface area contributed by atoms with Crippen molar-refractivity contribution in [3.63, 3.8) is 0 Å². The van der Waals surface area contributed by atoms with Gasteiger partial charge in [0.05, 0.1) is 0 Å². The van der Waals surface area contributed by atoms with Crippen LogP contribution in [0.15, 0.2) is 18.2 Å². The second-order valence-corrected chi connectivity index (χ2v) is 3.79. The van der Waals surface area contributed by atoms with Crippen molar-refractivity contribution in [1.82, 2.24) is 0 Å². The Morgan fingerprint density at radius 1 is 1.18 bits per heavy atom. The molecular formula is C10H14S. The summed E-state index contributed by atoms with van der Waals surface area (Å²) in [6.45, 7) is 6.35. The second kappa shape index (κ2) is 3.31. The van der Waals surface area contributed by atoms with E-state index >= 15 is 0 Å². The van der Waals surface area contributed by atoms with Gasteiger partial charge in [-0.15, -0.1) is 0 Å². The SMILES string of the molecule is Cc1ccc(C(C)S)cc1C. The van der Waals surface area contributed by atoms with Gasteiger partial charge in [0.25, 0.3) is 0 Å². The van der Waals surface area contributed by atoms with Crippen LogP contribution >= 0.6 is 12.6 Å². The first-order valence-corrected chi connectivity index (χ1v) is 4.38. The molecule has 0 nitrogen and oxygen atoms in total. The molecule has 0 spiro atoms. The highest BCUT2D eigenvalue weighted by Gasteiger charge is 1.99. The maximum Gasteiger partial charge on any atom is 0.0238 e. The highest BCUT2D eigenvalue weighted by molar-refractivity contribution is 7.80. The van der Waals surface area contributed by atoms with Gasteiger partial charge in [-0.3, -0.25) is 0 Å². The monoisotopic (exact) mass is 166 g/mol. The van der Waals surface area contributed by atoms with Gasteiger partial charge in [-0.2, -0.15) is 12.6 Å². The fourth-order valence-electron chi connectivity index (χ4n) is 1.02. The molecule has 0 saturated carbocycles. The summed E-state index contributed by atoms with van der Waals surface area (Å²) in [5.74, 6) is 0. The Bertz CT molecular complexity index is 251. The Morgan fingerprint density at radius 3 is 2.27 bits per heavy atom. The van der Waals surface area contributed by atoms with E-state index in [-0.39, 0.29) is 0 Å². The minimum Gasteiger partial charge on any atom is -0.171 e. The molecule has 0 radical (unpaired) electrons. The molecular weight excluding hydrogens is 152 g/mol. The Labute approximate surface area is 74.0 Å². The number of aryl methyl sites for hydroxylation is 2. The number of thiol groups is 1. The minimum absolute atomic E-state index is 0.342. The summed E-state index contributed by atoms with van der Waals surface area (Å²) in [6, 6.07) is 6.49. The number of benzene rings is 1. The molecule has 0 aliphatic heterocycles. The van der Waals surface area contributed by atoms with Crippen LogP contribution in [-0.4, -0.2) is 0 Å². The minimum atomic E-state index is 0.342. The molecule has 1 rings (SSSR count). The molecule has 0 N–H and O–H groups in total. The first-order chi connectivity index (χ1) is 5.11. The molecule has 0 amide bonds. The molecule has 11 heavy (non-hydrogen) atoms. The van der Waals surface area contributed by atoms with Crippen LogP contribution in [0, 0.1) is 13.8 Å². The van der Waals surface area contributed by atoms with Crippen molar-refractivity contribution < 1.29 is 0 Å². The molecule has 0 aliphatic carbocycles. The predicted molar refractivity (Wildman–Crippen MR) is 53.3 cm³/mol. The topological polar surface area (TPSA) is 0 Å². The zero-order chi connectivity index (χ0) is 8.43. The first kappa shape index (κ1) is 8.66. The first-order valence-electron chi connectivity index (χ1n) is 3.86. The van der Waals surface area contributed by atoms with E-state index in [4.69, 9.17) is 0 Å². The molecule has 1 heteroatoms. The van der Waals surface area contributed by atoms with Gasteiger partial charge in [-0.1, -0.05) is 18.2 Å². The van der Waals surface area contributed by atoms with Crippen LogP contribution in [0.3, 0.4) is 0 Å². The van der Waals surface area contributed by atoms with Crippen LogP contribution in [0.5, 0.6) is 0 Å². The highest BCUT2D eigenvalue weighted by Crippen LogP contribution is 2.20. The van der Waals surface area contributed by atoms with Crippen molar-refractivity contribution >= 4 is 12.6 Å². The number of hydrogen-bond donors (Lipinski definition) is 1. The highest BCUT2D eigenvalue weighted by atomic mass is 32.1. The summed E-state index contributed by atoms with van der Waals surface area (Å²) < 4.78 is 0. The molecule has 0 bridgehead atoms. The molecule has 0 fully saturated rings. The molecule has 0 aromatic heterocycles. The van der Waals surface area contributed by atoms with Gasteiger partial charge in [-0.05, 0) is 37.5 Å². The van der Waals surface area contributed by atoms with Crippen LogP contribution in [0.2, 0.25) is 0 Å². The summed E-state index contributed by atoms with van der Waals surface area (Å²) in [7, 11) is 0. The Balaban J connectivity index is 3.05. The molecule has 1 aromatic rings. The third kappa shape index (κ3) is 2.00. The van der Waals surface area contributed by atoms with E-state index in [0.29, 0.717) is 5.25 Å². The fourth-order valence-corrected chi connectivity index (χ4v) is 1.19. The van der Waals surface area contributed by atoms with E-state index in [0.717, 1.165) is 0 Å². The predicted octanol–water partition coefficient (Wildman–Crippen LogP) is 3.29. The van der Waals surface area contributed by atoms with Crippen molar-refractivity contribution in [2.45, 2.75) is 26.0 Å². The van der Waals surface area contributed by atoms with Crippen LogP contribution < -0.4 is 0 Å². The summed E-state index contributed by atoms with van der Waals surface area (Å²) in [5, 5.41) is 0.342. The van der Waals surface area contributed by atoms with Gasteiger partial charge in [0.2, 0.25) is 0 Å². The molecule has 0 saturated heterocycles. The Morgan fingerprint density at radius 2 is 1.82 bits per heavy atom. The maximum absolute atomic E-state index is 4.37. The van der Waals surface area contributed by atoms with E-state index in [1.54, 1.807) is 0 Å². The Kier molecular flexibility index (Phi) is 2.61. The lowest BCUT2D eigenvalue weighted by Gasteiger charge is -2.06. The molecule has 1 atom stereocenters. The molecule has 60 valence electrons. The lowest BCUT2D eigenvalue weighted by Crippen LogP contribution is -1.87. The van der Waals surface area contributed by atoms with Crippen LogP contribution in [0.4, 0.5) is 0 Å². The standard InChI is InChI=1S/C10H14S/c1-7-4-5-10(9(3)11)6-8(7)2/h4-6,9,11H,1-3H3. The summed E-state index contributed by atoms with van der Waals surface area (Å²) in [4.78, 5) is 0. The lowest BCUT2D eigenvalue weighted by atomic mass is 10.0. The molecule has 0 aliphatic rings. The zero-order valence-corrected chi connectivity index (χ0v) is 8.15. The van der Waals surface area contributed by atoms with Gasteiger partial charge >= 0.3 is 0 Å². The molecule has 1 aromatic carbocycles. The van der Waals surface area contributed by atoms with Crippen LogP contribution in [-0.2, 0) is 0 Å². The third-order valence-electron chi connectivity index (χ3n) is 2.01. The van der Waals surface area contributed by atoms with E-state index < -0.39 is 0 Å². The maximum atomic E-state index is 4.37. The lowest BCUT2D eigenvalue weighted by molar-refractivity contribution is 1.10. The second-order valence-electron chi connectivity index (χ2n) is 3.02. The number of rotatable bonds is 1. The van der Waals surface area contributed by atoms with Crippen molar-refractivity contribution in [1.29, 1.82) is 0 Å². The Hall–Kier alpha value is -0.430. The van der Waals surface area contributed by atoms with Gasteiger partial charge in [0.15, 0.2) is 0 Å². The quantitative estimate of drug-likeness (QED) is 0.608. The van der Waals surface area contributed by atoms with Crippen molar-refractivity contribution in [3.8, 4) is 0 Å². The average Bonchev–Trinajstić information content (AvgIpc) is 1.94. The van der Waals surface area contributed by atoms with Crippen molar-refractivity contribution in [2.75, 3.05) is 0 Å².